The molecule has 8 heteroatoms. The molecular weight excluding hydrogens is 248 g/mol. The van der Waals surface area contributed by atoms with Crippen molar-refractivity contribution in [3.05, 3.63) is 21.6 Å². The number of aromatic nitrogens is 2. The number of nitrogens with one attached hydrogen (secondary N) is 1. The maximum atomic E-state index is 10.8. The van der Waals surface area contributed by atoms with Crippen LogP contribution in [0.4, 0.5) is 11.5 Å². The zero-order chi connectivity index (χ0) is 12.5. The van der Waals surface area contributed by atoms with Crippen molar-refractivity contribution in [2.75, 3.05) is 11.9 Å². The fraction of sp³-hybridized carbons (Fsp3) is 0.556. The summed E-state index contributed by atoms with van der Waals surface area (Å²) in [5.41, 5.74) is -0.753. The van der Waals surface area contributed by atoms with Crippen LogP contribution in [0.1, 0.15) is 19.3 Å². The zero-order valence-electron chi connectivity index (χ0n) is 8.89. The SMILES string of the molecule is O=[N+]([O-])c1cnc(Cl)nc1NC1(CO)CCC1. The summed E-state index contributed by atoms with van der Waals surface area (Å²) in [6.07, 6.45) is 3.53. The topological polar surface area (TPSA) is 101 Å². The molecule has 1 saturated carbocycles. The van der Waals surface area contributed by atoms with Gasteiger partial charge in [0.05, 0.1) is 17.1 Å². The van der Waals surface area contributed by atoms with Gasteiger partial charge in [-0.3, -0.25) is 10.1 Å². The van der Waals surface area contributed by atoms with E-state index in [4.69, 9.17) is 11.6 Å². The van der Waals surface area contributed by atoms with Crippen molar-refractivity contribution >= 4 is 23.1 Å². The predicted molar refractivity (Wildman–Crippen MR) is 61.0 cm³/mol. The lowest BCUT2D eigenvalue weighted by molar-refractivity contribution is -0.384. The monoisotopic (exact) mass is 258 g/mol. The minimum Gasteiger partial charge on any atom is -0.394 e. The lowest BCUT2D eigenvalue weighted by atomic mass is 9.77. The first-order chi connectivity index (χ1) is 8.06. The van der Waals surface area contributed by atoms with Crippen LogP contribution in [0.5, 0.6) is 0 Å². The number of anilines is 1. The third-order valence-electron chi connectivity index (χ3n) is 2.93. The summed E-state index contributed by atoms with van der Waals surface area (Å²) in [5.74, 6) is 0.0590. The van der Waals surface area contributed by atoms with Gasteiger partial charge in [-0.1, -0.05) is 0 Å². The Balaban J connectivity index is 2.30. The van der Waals surface area contributed by atoms with Gasteiger partial charge in [0.2, 0.25) is 11.1 Å². The number of hydrogen-bond donors (Lipinski definition) is 2. The Morgan fingerprint density at radius 1 is 1.65 bits per heavy atom. The van der Waals surface area contributed by atoms with E-state index in [0.29, 0.717) is 0 Å². The summed E-state index contributed by atoms with van der Waals surface area (Å²) in [5, 5.41) is 22.9. The number of rotatable bonds is 4. The standard InChI is InChI=1S/C9H11ClN4O3/c10-8-11-4-6(14(16)17)7(12-8)13-9(5-15)2-1-3-9/h4,15H,1-3,5H2,(H,11,12,13). The van der Waals surface area contributed by atoms with Gasteiger partial charge in [-0.25, -0.2) is 4.98 Å². The Labute approximate surface area is 102 Å². The Kier molecular flexibility index (Phi) is 3.12. The molecule has 1 fully saturated rings. The number of nitro groups is 1. The van der Waals surface area contributed by atoms with Crippen LogP contribution in [-0.4, -0.2) is 32.1 Å². The number of aliphatic hydroxyl groups excluding tert-OH is 1. The van der Waals surface area contributed by atoms with Crippen LogP contribution >= 0.6 is 11.6 Å². The molecule has 1 aliphatic rings. The van der Waals surface area contributed by atoms with Crippen molar-refractivity contribution in [3.8, 4) is 0 Å². The second kappa shape index (κ2) is 4.42. The Morgan fingerprint density at radius 3 is 2.82 bits per heavy atom. The molecule has 2 N–H and O–H groups in total. The highest BCUT2D eigenvalue weighted by Crippen LogP contribution is 2.36. The van der Waals surface area contributed by atoms with Crippen LogP contribution in [-0.2, 0) is 0 Å². The highest BCUT2D eigenvalue weighted by atomic mass is 35.5. The first kappa shape index (κ1) is 12.0. The van der Waals surface area contributed by atoms with E-state index in [0.717, 1.165) is 25.5 Å². The van der Waals surface area contributed by atoms with Gasteiger partial charge in [0.1, 0.15) is 6.20 Å². The molecule has 1 aromatic heterocycles. The smallest absolute Gasteiger partial charge is 0.329 e. The molecule has 17 heavy (non-hydrogen) atoms. The molecule has 1 aromatic rings. The minimum atomic E-state index is -0.581. The van der Waals surface area contributed by atoms with E-state index in [1.807, 2.05) is 0 Å². The maximum Gasteiger partial charge on any atom is 0.329 e. The van der Waals surface area contributed by atoms with E-state index in [1.54, 1.807) is 0 Å². The van der Waals surface area contributed by atoms with Crippen LogP contribution in [0.2, 0.25) is 5.28 Å². The fourth-order valence-corrected chi connectivity index (χ4v) is 1.89. The third-order valence-corrected chi connectivity index (χ3v) is 3.12. The largest absolute Gasteiger partial charge is 0.394 e. The molecule has 0 aromatic carbocycles. The van der Waals surface area contributed by atoms with Crippen molar-refractivity contribution in [3.63, 3.8) is 0 Å². The summed E-state index contributed by atoms with van der Waals surface area (Å²) in [6.45, 7) is -0.0915. The van der Waals surface area contributed by atoms with Crippen LogP contribution in [0.25, 0.3) is 0 Å². The lowest BCUT2D eigenvalue weighted by Crippen LogP contribution is -2.48. The number of hydrogen-bond acceptors (Lipinski definition) is 6. The van der Waals surface area contributed by atoms with Crippen molar-refractivity contribution in [2.24, 2.45) is 0 Å². The quantitative estimate of drug-likeness (QED) is 0.480. The van der Waals surface area contributed by atoms with Gasteiger partial charge in [0.15, 0.2) is 0 Å². The van der Waals surface area contributed by atoms with E-state index in [2.05, 4.69) is 15.3 Å². The van der Waals surface area contributed by atoms with E-state index in [9.17, 15) is 15.2 Å². The average molecular weight is 259 g/mol. The second-order valence-corrected chi connectivity index (χ2v) is 4.39. The van der Waals surface area contributed by atoms with Crippen LogP contribution in [0.3, 0.4) is 0 Å². The highest BCUT2D eigenvalue weighted by molar-refractivity contribution is 6.28. The summed E-state index contributed by atoms with van der Waals surface area (Å²) in [7, 11) is 0. The number of halogens is 1. The molecule has 0 aliphatic heterocycles. The van der Waals surface area contributed by atoms with Gasteiger partial charge >= 0.3 is 5.69 Å². The van der Waals surface area contributed by atoms with E-state index in [1.165, 1.54) is 0 Å². The van der Waals surface area contributed by atoms with Gasteiger partial charge in [-0.2, -0.15) is 4.98 Å². The number of nitrogens with zero attached hydrogens (tertiary/aromatic N) is 3. The minimum absolute atomic E-state index is 0.0590. The van der Waals surface area contributed by atoms with Gasteiger partial charge in [-0.15, -0.1) is 0 Å². The van der Waals surface area contributed by atoms with Crippen molar-refractivity contribution in [2.45, 2.75) is 24.8 Å². The molecule has 0 spiro atoms. The van der Waals surface area contributed by atoms with Crippen molar-refractivity contribution < 1.29 is 10.0 Å². The maximum absolute atomic E-state index is 10.8. The molecule has 0 bridgehead atoms. The second-order valence-electron chi connectivity index (χ2n) is 4.05. The molecule has 0 saturated heterocycles. The van der Waals surface area contributed by atoms with Gasteiger partial charge in [-0.05, 0) is 30.9 Å². The van der Waals surface area contributed by atoms with E-state index < -0.39 is 10.5 Å². The molecule has 0 radical (unpaired) electrons. The van der Waals surface area contributed by atoms with Crippen LogP contribution < -0.4 is 5.32 Å². The predicted octanol–water partition coefficient (Wildman–Crippen LogP) is 1.37. The van der Waals surface area contributed by atoms with Crippen molar-refractivity contribution in [1.29, 1.82) is 0 Å². The van der Waals surface area contributed by atoms with E-state index >= 15 is 0 Å². The van der Waals surface area contributed by atoms with Crippen LogP contribution in [0.15, 0.2) is 6.20 Å². The molecule has 1 heterocycles. The molecule has 2 rings (SSSR count). The van der Waals surface area contributed by atoms with Crippen LogP contribution in [0, 0.1) is 10.1 Å². The summed E-state index contributed by atoms with van der Waals surface area (Å²) in [6, 6.07) is 0. The number of aliphatic hydroxyl groups is 1. The summed E-state index contributed by atoms with van der Waals surface area (Å²) >= 11 is 5.61. The van der Waals surface area contributed by atoms with Gasteiger partial charge in [0, 0.05) is 0 Å². The summed E-state index contributed by atoms with van der Waals surface area (Å²) in [4.78, 5) is 17.6. The Morgan fingerprint density at radius 2 is 2.35 bits per heavy atom. The molecule has 92 valence electrons. The molecular formula is C9H11ClN4O3. The highest BCUT2D eigenvalue weighted by Gasteiger charge is 2.38. The Hall–Kier alpha value is -1.47. The zero-order valence-corrected chi connectivity index (χ0v) is 9.65. The Bertz CT molecular complexity index is 444. The van der Waals surface area contributed by atoms with Crippen molar-refractivity contribution in [1.82, 2.24) is 9.97 Å². The first-order valence-corrected chi connectivity index (χ1v) is 5.50. The molecule has 0 unspecified atom stereocenters. The molecule has 0 atom stereocenters. The molecule has 7 nitrogen and oxygen atoms in total. The van der Waals surface area contributed by atoms with E-state index in [-0.39, 0.29) is 23.4 Å². The fourth-order valence-electron chi connectivity index (χ4n) is 1.76. The molecule has 0 amide bonds. The average Bonchev–Trinajstić information content (AvgIpc) is 2.23. The third kappa shape index (κ3) is 2.29. The van der Waals surface area contributed by atoms with Gasteiger partial charge in [0.25, 0.3) is 0 Å². The normalized spacial score (nSPS) is 17.3. The lowest BCUT2D eigenvalue weighted by Gasteiger charge is -2.41. The summed E-state index contributed by atoms with van der Waals surface area (Å²) < 4.78 is 0. The first-order valence-electron chi connectivity index (χ1n) is 5.12. The molecule has 1 aliphatic carbocycles. The van der Waals surface area contributed by atoms with Gasteiger partial charge < -0.3 is 10.4 Å².